The van der Waals surface area contributed by atoms with E-state index in [0.29, 0.717) is 19.7 Å². The van der Waals surface area contributed by atoms with Crippen LogP contribution in [-0.2, 0) is 4.79 Å². The summed E-state index contributed by atoms with van der Waals surface area (Å²) in [5.41, 5.74) is -0.431. The lowest BCUT2D eigenvalue weighted by atomic mass is 9.92. The first-order valence-corrected chi connectivity index (χ1v) is 6.70. The number of amides is 1. The van der Waals surface area contributed by atoms with Crippen LogP contribution in [0.15, 0.2) is 24.3 Å². The molecule has 0 aliphatic carbocycles. The van der Waals surface area contributed by atoms with Crippen LogP contribution in [0.5, 0.6) is 11.5 Å². The zero-order valence-electron chi connectivity index (χ0n) is 12.7. The highest BCUT2D eigenvalue weighted by Crippen LogP contribution is 2.25. The third-order valence-corrected chi connectivity index (χ3v) is 3.01. The molecule has 0 aliphatic rings. The van der Waals surface area contributed by atoms with Gasteiger partial charge >= 0.3 is 0 Å². The number of methoxy groups -OCH3 is 1. The highest BCUT2D eigenvalue weighted by atomic mass is 16.5. The van der Waals surface area contributed by atoms with Crippen molar-refractivity contribution in [3.05, 3.63) is 24.3 Å². The third-order valence-electron chi connectivity index (χ3n) is 3.01. The molecule has 0 aromatic heterocycles. The van der Waals surface area contributed by atoms with Crippen LogP contribution in [0.25, 0.3) is 0 Å². The molecule has 2 N–H and O–H groups in total. The Kier molecular flexibility index (Phi) is 6.31. The second-order valence-electron chi connectivity index (χ2n) is 5.14. The fourth-order valence-corrected chi connectivity index (χ4v) is 1.79. The van der Waals surface area contributed by atoms with Crippen molar-refractivity contribution in [1.82, 2.24) is 10.6 Å². The van der Waals surface area contributed by atoms with Crippen LogP contribution in [0.4, 0.5) is 0 Å². The number of para-hydroxylation sites is 2. The van der Waals surface area contributed by atoms with Gasteiger partial charge in [0.25, 0.3) is 0 Å². The second-order valence-corrected chi connectivity index (χ2v) is 5.14. The summed E-state index contributed by atoms with van der Waals surface area (Å²) in [6, 6.07) is 7.53. The van der Waals surface area contributed by atoms with E-state index in [2.05, 4.69) is 10.6 Å². The summed E-state index contributed by atoms with van der Waals surface area (Å²) >= 11 is 0. The van der Waals surface area contributed by atoms with Gasteiger partial charge in [-0.3, -0.25) is 4.79 Å². The minimum absolute atomic E-state index is 0.0237. The molecule has 0 heterocycles. The SMILES string of the molecule is CNC(=O)C(C)(C)CNCCOc1ccccc1OC. The number of benzene rings is 1. The largest absolute Gasteiger partial charge is 0.493 e. The Labute approximate surface area is 120 Å². The topological polar surface area (TPSA) is 59.6 Å². The lowest BCUT2D eigenvalue weighted by Crippen LogP contribution is -2.42. The molecule has 1 rings (SSSR count). The molecule has 1 amide bonds. The monoisotopic (exact) mass is 280 g/mol. The first kappa shape index (κ1) is 16.3. The molecule has 1 aromatic carbocycles. The van der Waals surface area contributed by atoms with Gasteiger partial charge in [0.05, 0.1) is 12.5 Å². The minimum Gasteiger partial charge on any atom is -0.493 e. The fraction of sp³-hybridized carbons (Fsp3) is 0.533. The van der Waals surface area contributed by atoms with E-state index in [0.717, 1.165) is 11.5 Å². The maximum absolute atomic E-state index is 11.6. The van der Waals surface area contributed by atoms with E-state index < -0.39 is 5.41 Å². The first-order chi connectivity index (χ1) is 9.51. The van der Waals surface area contributed by atoms with Gasteiger partial charge in [-0.05, 0) is 26.0 Å². The Hall–Kier alpha value is -1.75. The number of carbonyl (C=O) groups is 1. The van der Waals surface area contributed by atoms with Gasteiger partial charge in [0.1, 0.15) is 6.61 Å². The van der Waals surface area contributed by atoms with Gasteiger partial charge < -0.3 is 20.1 Å². The summed E-state index contributed by atoms with van der Waals surface area (Å²) in [6.45, 7) is 5.59. The Balaban J connectivity index is 2.30. The molecule has 0 radical (unpaired) electrons. The van der Waals surface area contributed by atoms with Crippen molar-refractivity contribution < 1.29 is 14.3 Å². The molecular weight excluding hydrogens is 256 g/mol. The van der Waals surface area contributed by atoms with E-state index in [1.54, 1.807) is 14.2 Å². The highest BCUT2D eigenvalue weighted by Gasteiger charge is 2.25. The summed E-state index contributed by atoms with van der Waals surface area (Å²) < 4.78 is 10.8. The fourth-order valence-electron chi connectivity index (χ4n) is 1.79. The molecule has 0 saturated carbocycles. The molecular formula is C15H24N2O3. The molecule has 20 heavy (non-hydrogen) atoms. The second kappa shape index (κ2) is 7.75. The smallest absolute Gasteiger partial charge is 0.226 e. The molecule has 1 aromatic rings. The van der Waals surface area contributed by atoms with Crippen molar-refractivity contribution in [3.8, 4) is 11.5 Å². The van der Waals surface area contributed by atoms with E-state index in [1.165, 1.54) is 0 Å². The van der Waals surface area contributed by atoms with Crippen LogP contribution in [-0.4, -0.2) is 39.8 Å². The highest BCUT2D eigenvalue weighted by molar-refractivity contribution is 5.81. The standard InChI is InChI=1S/C15H24N2O3/c1-15(2,14(18)16-3)11-17-9-10-20-13-8-6-5-7-12(13)19-4/h5-8,17H,9-11H2,1-4H3,(H,16,18). The van der Waals surface area contributed by atoms with Gasteiger partial charge in [-0.15, -0.1) is 0 Å². The lowest BCUT2D eigenvalue weighted by Gasteiger charge is -2.23. The van der Waals surface area contributed by atoms with Crippen LogP contribution in [0.3, 0.4) is 0 Å². The zero-order chi connectivity index (χ0) is 15.0. The zero-order valence-corrected chi connectivity index (χ0v) is 12.7. The molecule has 5 nitrogen and oxygen atoms in total. The molecule has 0 aliphatic heterocycles. The molecule has 0 unspecified atom stereocenters. The van der Waals surface area contributed by atoms with Crippen molar-refractivity contribution in [2.75, 3.05) is 33.9 Å². The molecule has 0 saturated heterocycles. The third kappa shape index (κ3) is 4.74. The first-order valence-electron chi connectivity index (χ1n) is 6.70. The lowest BCUT2D eigenvalue weighted by molar-refractivity contribution is -0.128. The van der Waals surface area contributed by atoms with Crippen molar-refractivity contribution >= 4 is 5.91 Å². The van der Waals surface area contributed by atoms with Gasteiger partial charge in [-0.1, -0.05) is 12.1 Å². The number of ether oxygens (including phenoxy) is 2. The van der Waals surface area contributed by atoms with Crippen LogP contribution in [0.2, 0.25) is 0 Å². The van der Waals surface area contributed by atoms with Crippen molar-refractivity contribution in [2.45, 2.75) is 13.8 Å². The molecule has 0 bridgehead atoms. The maximum atomic E-state index is 11.6. The predicted octanol–water partition coefficient (Wildman–Crippen LogP) is 1.44. The summed E-state index contributed by atoms with van der Waals surface area (Å²) in [5, 5.41) is 5.88. The molecule has 5 heteroatoms. The van der Waals surface area contributed by atoms with Gasteiger partial charge in [0, 0.05) is 20.1 Å². The molecule has 0 fully saturated rings. The molecule has 0 atom stereocenters. The average Bonchev–Trinajstić information content (AvgIpc) is 2.46. The van der Waals surface area contributed by atoms with Gasteiger partial charge in [-0.2, -0.15) is 0 Å². The Bertz CT molecular complexity index is 433. The number of carbonyl (C=O) groups excluding carboxylic acids is 1. The van der Waals surface area contributed by atoms with Crippen LogP contribution < -0.4 is 20.1 Å². The minimum atomic E-state index is -0.431. The normalized spacial score (nSPS) is 11.0. The Morgan fingerprint density at radius 2 is 1.90 bits per heavy atom. The predicted molar refractivity (Wildman–Crippen MR) is 79.2 cm³/mol. The number of hydrogen-bond acceptors (Lipinski definition) is 4. The van der Waals surface area contributed by atoms with Crippen molar-refractivity contribution in [3.63, 3.8) is 0 Å². The number of rotatable bonds is 8. The maximum Gasteiger partial charge on any atom is 0.226 e. The molecule has 112 valence electrons. The summed E-state index contributed by atoms with van der Waals surface area (Å²) in [4.78, 5) is 11.6. The van der Waals surface area contributed by atoms with Gasteiger partial charge in [0.15, 0.2) is 11.5 Å². The van der Waals surface area contributed by atoms with Crippen molar-refractivity contribution in [2.24, 2.45) is 5.41 Å². The van der Waals surface area contributed by atoms with E-state index in [9.17, 15) is 4.79 Å². The number of hydrogen-bond donors (Lipinski definition) is 2. The van der Waals surface area contributed by atoms with Gasteiger partial charge in [-0.25, -0.2) is 0 Å². The van der Waals surface area contributed by atoms with Crippen LogP contribution in [0.1, 0.15) is 13.8 Å². The van der Waals surface area contributed by atoms with Crippen LogP contribution in [0, 0.1) is 5.41 Å². The van der Waals surface area contributed by atoms with Gasteiger partial charge in [0.2, 0.25) is 5.91 Å². The quantitative estimate of drug-likeness (QED) is 0.707. The Morgan fingerprint density at radius 1 is 1.25 bits per heavy atom. The molecule has 0 spiro atoms. The van der Waals surface area contributed by atoms with Crippen LogP contribution >= 0.6 is 0 Å². The van der Waals surface area contributed by atoms with E-state index in [-0.39, 0.29) is 5.91 Å². The summed E-state index contributed by atoms with van der Waals surface area (Å²) in [7, 11) is 3.27. The number of nitrogens with one attached hydrogen (secondary N) is 2. The summed E-state index contributed by atoms with van der Waals surface area (Å²) in [6.07, 6.45) is 0. The van der Waals surface area contributed by atoms with Crippen molar-refractivity contribution in [1.29, 1.82) is 0 Å². The average molecular weight is 280 g/mol. The van der Waals surface area contributed by atoms with E-state index in [4.69, 9.17) is 9.47 Å². The Morgan fingerprint density at radius 3 is 2.50 bits per heavy atom. The summed E-state index contributed by atoms with van der Waals surface area (Å²) in [5.74, 6) is 1.47. The van der Waals surface area contributed by atoms with E-state index in [1.807, 2.05) is 38.1 Å². The van der Waals surface area contributed by atoms with E-state index >= 15 is 0 Å².